The fourth-order valence-electron chi connectivity index (χ4n) is 2.35. The zero-order valence-corrected chi connectivity index (χ0v) is 13.0. The molecule has 1 aromatic rings. The van der Waals surface area contributed by atoms with Crippen molar-refractivity contribution in [1.82, 2.24) is 4.90 Å². The van der Waals surface area contributed by atoms with Crippen LogP contribution in [-0.4, -0.2) is 50.9 Å². The molecule has 2 rings (SSSR count). The third-order valence-electron chi connectivity index (χ3n) is 3.56. The van der Waals surface area contributed by atoms with Crippen molar-refractivity contribution in [2.24, 2.45) is 0 Å². The molecule has 1 amide bonds. The molecule has 0 radical (unpaired) electrons. The Labute approximate surface area is 123 Å². The van der Waals surface area contributed by atoms with E-state index < -0.39 is 9.84 Å². The lowest BCUT2D eigenvalue weighted by Gasteiger charge is -2.24. The van der Waals surface area contributed by atoms with Gasteiger partial charge in [-0.1, -0.05) is 11.6 Å². The van der Waals surface area contributed by atoms with Crippen LogP contribution in [0, 0.1) is 0 Å². The Morgan fingerprint density at radius 1 is 1.45 bits per heavy atom. The van der Waals surface area contributed by atoms with Crippen LogP contribution in [0.25, 0.3) is 0 Å². The number of carbonyl (C=O) groups is 1. The van der Waals surface area contributed by atoms with Crippen molar-refractivity contribution in [3.63, 3.8) is 0 Å². The van der Waals surface area contributed by atoms with Crippen molar-refractivity contribution in [1.29, 1.82) is 0 Å². The van der Waals surface area contributed by atoms with Gasteiger partial charge in [-0.05, 0) is 24.6 Å². The van der Waals surface area contributed by atoms with Gasteiger partial charge in [-0.2, -0.15) is 0 Å². The number of amides is 1. The molecule has 0 aromatic heterocycles. The number of nitrogens with zero attached hydrogens (tertiary/aromatic N) is 1. The summed E-state index contributed by atoms with van der Waals surface area (Å²) in [5.74, 6) is -0.0482. The van der Waals surface area contributed by atoms with Gasteiger partial charge >= 0.3 is 0 Å². The highest BCUT2D eigenvalue weighted by molar-refractivity contribution is 7.91. The number of carbonyl (C=O) groups excluding carboxylic acids is 1. The second kappa shape index (κ2) is 5.61. The van der Waals surface area contributed by atoms with Crippen molar-refractivity contribution >= 4 is 33.0 Å². The molecule has 1 heterocycles. The maximum Gasteiger partial charge on any atom is 0.256 e. The van der Waals surface area contributed by atoms with Crippen LogP contribution in [0.1, 0.15) is 16.8 Å². The molecule has 0 bridgehead atoms. The summed E-state index contributed by atoms with van der Waals surface area (Å²) in [6.45, 7) is 0. The van der Waals surface area contributed by atoms with Crippen molar-refractivity contribution in [2.45, 2.75) is 12.5 Å². The van der Waals surface area contributed by atoms with E-state index in [1.807, 2.05) is 0 Å². The van der Waals surface area contributed by atoms with Gasteiger partial charge in [-0.25, -0.2) is 8.42 Å². The van der Waals surface area contributed by atoms with Crippen LogP contribution in [0.5, 0.6) is 0 Å². The third kappa shape index (κ3) is 3.07. The summed E-state index contributed by atoms with van der Waals surface area (Å²) in [6.07, 6.45) is 0.486. The van der Waals surface area contributed by atoms with E-state index in [1.54, 1.807) is 32.3 Å². The molecule has 110 valence electrons. The molecule has 1 aliphatic rings. The van der Waals surface area contributed by atoms with Crippen LogP contribution in [0.4, 0.5) is 5.69 Å². The normalized spacial score (nSPS) is 20.6. The van der Waals surface area contributed by atoms with Gasteiger partial charge < -0.3 is 10.2 Å². The number of nitrogens with one attached hydrogen (secondary N) is 1. The molecule has 20 heavy (non-hydrogen) atoms. The predicted molar refractivity (Wildman–Crippen MR) is 80.2 cm³/mol. The number of benzene rings is 1. The zero-order valence-electron chi connectivity index (χ0n) is 11.4. The predicted octanol–water partition coefficient (Wildman–Crippen LogP) is 1.64. The minimum Gasteiger partial charge on any atom is -0.387 e. The Kier molecular flexibility index (Phi) is 4.25. The number of hydrogen-bond donors (Lipinski definition) is 1. The van der Waals surface area contributed by atoms with Crippen LogP contribution >= 0.6 is 11.6 Å². The monoisotopic (exact) mass is 316 g/mol. The first-order valence-corrected chi connectivity index (χ1v) is 8.49. The molecule has 0 saturated carbocycles. The maximum absolute atomic E-state index is 12.5. The Bertz CT molecular complexity index is 631. The first kappa shape index (κ1) is 15.1. The number of rotatable bonds is 3. The Morgan fingerprint density at radius 3 is 2.70 bits per heavy atom. The number of halogens is 1. The number of sulfone groups is 1. The van der Waals surface area contributed by atoms with E-state index in [0.717, 1.165) is 0 Å². The Balaban J connectivity index is 2.25. The summed E-state index contributed by atoms with van der Waals surface area (Å²) in [6, 6.07) is 4.76. The first-order valence-electron chi connectivity index (χ1n) is 6.29. The van der Waals surface area contributed by atoms with E-state index in [-0.39, 0.29) is 23.5 Å². The molecule has 7 heteroatoms. The highest BCUT2D eigenvalue weighted by Gasteiger charge is 2.33. The zero-order chi connectivity index (χ0) is 14.9. The summed E-state index contributed by atoms with van der Waals surface area (Å²) >= 11 is 5.93. The summed E-state index contributed by atoms with van der Waals surface area (Å²) in [4.78, 5) is 14.0. The molecule has 1 fully saturated rings. The van der Waals surface area contributed by atoms with Gasteiger partial charge in [-0.15, -0.1) is 0 Å². The molecular weight excluding hydrogens is 300 g/mol. The van der Waals surface area contributed by atoms with Gasteiger partial charge in [0.15, 0.2) is 9.84 Å². The van der Waals surface area contributed by atoms with Crippen LogP contribution in [0.3, 0.4) is 0 Å². The van der Waals surface area contributed by atoms with Gasteiger partial charge in [0, 0.05) is 30.8 Å². The summed E-state index contributed by atoms with van der Waals surface area (Å²) in [7, 11) is 0.340. The van der Waals surface area contributed by atoms with Crippen molar-refractivity contribution in [3.8, 4) is 0 Å². The average molecular weight is 317 g/mol. The SMILES string of the molecule is CNc1ccc(Cl)cc1C(=O)N(C)C1CCS(=O)(=O)C1. The second-order valence-electron chi connectivity index (χ2n) is 4.91. The minimum atomic E-state index is -3.02. The fourth-order valence-corrected chi connectivity index (χ4v) is 4.29. The summed E-state index contributed by atoms with van der Waals surface area (Å²) in [5.41, 5.74) is 1.12. The van der Waals surface area contributed by atoms with Gasteiger partial charge in [-0.3, -0.25) is 4.79 Å². The maximum atomic E-state index is 12.5. The van der Waals surface area contributed by atoms with Crippen molar-refractivity contribution < 1.29 is 13.2 Å². The van der Waals surface area contributed by atoms with Crippen LogP contribution in [0.2, 0.25) is 5.02 Å². The highest BCUT2D eigenvalue weighted by Crippen LogP contribution is 2.24. The summed E-state index contributed by atoms with van der Waals surface area (Å²) in [5, 5.41) is 3.41. The van der Waals surface area contributed by atoms with Crippen LogP contribution < -0.4 is 5.32 Å². The largest absolute Gasteiger partial charge is 0.387 e. The van der Waals surface area contributed by atoms with Gasteiger partial charge in [0.25, 0.3) is 5.91 Å². The van der Waals surface area contributed by atoms with E-state index in [2.05, 4.69) is 5.32 Å². The van der Waals surface area contributed by atoms with E-state index in [9.17, 15) is 13.2 Å². The standard InChI is InChI=1S/C13H17ClN2O3S/c1-15-12-4-3-9(14)7-11(12)13(17)16(2)10-5-6-20(18,19)8-10/h3-4,7,10,15H,5-6,8H2,1-2H3. The van der Waals surface area contributed by atoms with Gasteiger partial charge in [0.1, 0.15) is 0 Å². The van der Waals surface area contributed by atoms with Crippen molar-refractivity contribution in [2.75, 3.05) is 30.9 Å². The van der Waals surface area contributed by atoms with Gasteiger partial charge in [0.2, 0.25) is 0 Å². The topological polar surface area (TPSA) is 66.5 Å². The third-order valence-corrected chi connectivity index (χ3v) is 5.54. The molecule has 1 aliphatic heterocycles. The highest BCUT2D eigenvalue weighted by atomic mass is 35.5. The van der Waals surface area contributed by atoms with E-state index >= 15 is 0 Å². The van der Waals surface area contributed by atoms with Gasteiger partial charge in [0.05, 0.1) is 17.1 Å². The molecule has 0 aliphatic carbocycles. The van der Waals surface area contributed by atoms with Crippen LogP contribution in [-0.2, 0) is 9.84 Å². The molecule has 1 saturated heterocycles. The molecule has 1 aromatic carbocycles. The lowest BCUT2D eigenvalue weighted by atomic mass is 10.1. The second-order valence-corrected chi connectivity index (χ2v) is 7.58. The number of anilines is 1. The van der Waals surface area contributed by atoms with Crippen LogP contribution in [0.15, 0.2) is 18.2 Å². The molecule has 1 unspecified atom stereocenters. The average Bonchev–Trinajstić information content (AvgIpc) is 2.77. The lowest BCUT2D eigenvalue weighted by Crippen LogP contribution is -2.38. The van der Waals surface area contributed by atoms with E-state index in [1.165, 1.54) is 4.90 Å². The quantitative estimate of drug-likeness (QED) is 0.920. The molecule has 1 atom stereocenters. The fraction of sp³-hybridized carbons (Fsp3) is 0.462. The lowest BCUT2D eigenvalue weighted by molar-refractivity contribution is 0.0748. The van der Waals surface area contributed by atoms with E-state index in [4.69, 9.17) is 11.6 Å². The smallest absolute Gasteiger partial charge is 0.256 e. The first-order chi connectivity index (χ1) is 9.34. The minimum absolute atomic E-state index is 0.0324. The summed E-state index contributed by atoms with van der Waals surface area (Å²) < 4.78 is 23.0. The van der Waals surface area contributed by atoms with E-state index in [0.29, 0.717) is 22.7 Å². The Morgan fingerprint density at radius 2 is 2.15 bits per heavy atom. The molecule has 1 N–H and O–H groups in total. The Hall–Kier alpha value is -1.27. The number of hydrogen-bond acceptors (Lipinski definition) is 4. The molecule has 0 spiro atoms. The molecular formula is C13H17ClN2O3S. The molecule has 5 nitrogen and oxygen atoms in total. The van der Waals surface area contributed by atoms with Crippen molar-refractivity contribution in [3.05, 3.63) is 28.8 Å².